The molecule has 0 saturated carbocycles. The quantitative estimate of drug-likeness (QED) is 0.637. The smallest absolute Gasteiger partial charge is 0.225 e. The van der Waals surface area contributed by atoms with Crippen LogP contribution in [0, 0.1) is 0 Å². The van der Waals surface area contributed by atoms with Gasteiger partial charge in [-0.1, -0.05) is 46.3 Å². The van der Waals surface area contributed by atoms with Crippen molar-refractivity contribution in [1.29, 1.82) is 0 Å². The Labute approximate surface area is 133 Å². The molecule has 0 aliphatic heterocycles. The van der Waals surface area contributed by atoms with Crippen LogP contribution in [0.5, 0.6) is 0 Å². The van der Waals surface area contributed by atoms with E-state index in [0.717, 1.165) is 4.34 Å². The van der Waals surface area contributed by atoms with E-state index in [9.17, 15) is 4.79 Å². The number of nitrogens with two attached hydrogens (primary N) is 1. The number of halogens is 2. The largest absolute Gasteiger partial charge is 0.399 e. The number of hydrogen-bond donors (Lipinski definition) is 2. The molecule has 0 bridgehead atoms. The predicted octanol–water partition coefficient (Wildman–Crippen LogP) is 3.55. The Morgan fingerprint density at radius 3 is 2.70 bits per heavy atom. The molecule has 0 unspecified atom stereocenters. The Kier molecular flexibility index (Phi) is 5.47. The van der Waals surface area contributed by atoms with Gasteiger partial charge >= 0.3 is 0 Å². The number of thioether (sulfide) groups is 1. The van der Waals surface area contributed by atoms with Gasteiger partial charge in [0, 0.05) is 17.9 Å². The number of aromatic nitrogens is 2. The summed E-state index contributed by atoms with van der Waals surface area (Å²) in [7, 11) is 0. The van der Waals surface area contributed by atoms with Crippen LogP contribution in [-0.4, -0.2) is 21.9 Å². The van der Waals surface area contributed by atoms with Crippen LogP contribution in [0.3, 0.4) is 0 Å². The summed E-state index contributed by atoms with van der Waals surface area (Å²) in [5, 5.41) is 10.9. The van der Waals surface area contributed by atoms with Crippen molar-refractivity contribution >= 4 is 63.6 Å². The highest BCUT2D eigenvalue weighted by molar-refractivity contribution is 8.01. The first-order valence-corrected chi connectivity index (χ1v) is 8.11. The normalized spacial score (nSPS) is 10.5. The van der Waals surface area contributed by atoms with E-state index < -0.39 is 0 Å². The van der Waals surface area contributed by atoms with E-state index in [1.807, 2.05) is 0 Å². The molecule has 5 nitrogen and oxygen atoms in total. The molecule has 9 heteroatoms. The van der Waals surface area contributed by atoms with Crippen LogP contribution in [0.15, 0.2) is 22.0 Å². The number of benzene rings is 1. The van der Waals surface area contributed by atoms with Gasteiger partial charge < -0.3 is 11.1 Å². The Morgan fingerprint density at radius 2 is 2.10 bits per heavy atom. The van der Waals surface area contributed by atoms with Crippen molar-refractivity contribution in [2.45, 2.75) is 10.8 Å². The van der Waals surface area contributed by atoms with E-state index in [1.165, 1.54) is 23.1 Å². The molecule has 3 N–H and O–H groups in total. The van der Waals surface area contributed by atoms with Crippen molar-refractivity contribution in [2.75, 3.05) is 16.8 Å². The van der Waals surface area contributed by atoms with E-state index >= 15 is 0 Å². The van der Waals surface area contributed by atoms with E-state index in [-0.39, 0.29) is 5.91 Å². The molecule has 1 aromatic carbocycles. The highest BCUT2D eigenvalue weighted by Crippen LogP contribution is 2.33. The number of nitrogen functional groups attached to an aromatic ring is 1. The van der Waals surface area contributed by atoms with Gasteiger partial charge in [-0.15, -0.1) is 10.2 Å². The summed E-state index contributed by atoms with van der Waals surface area (Å²) < 4.78 is 0.835. The minimum absolute atomic E-state index is 0.171. The number of hydrogen-bond acceptors (Lipinski definition) is 6. The van der Waals surface area contributed by atoms with Crippen molar-refractivity contribution in [3.63, 3.8) is 0 Å². The van der Waals surface area contributed by atoms with E-state index in [4.69, 9.17) is 28.9 Å². The van der Waals surface area contributed by atoms with Crippen LogP contribution >= 0.6 is 46.3 Å². The first-order chi connectivity index (χ1) is 9.56. The third-order valence-electron chi connectivity index (χ3n) is 2.22. The van der Waals surface area contributed by atoms with Gasteiger partial charge in [-0.3, -0.25) is 4.79 Å². The maximum atomic E-state index is 11.8. The maximum absolute atomic E-state index is 11.8. The lowest BCUT2D eigenvalue weighted by atomic mass is 10.2. The lowest BCUT2D eigenvalue weighted by molar-refractivity contribution is -0.115. The molecule has 2 aromatic rings. The Morgan fingerprint density at radius 1 is 1.40 bits per heavy atom. The highest BCUT2D eigenvalue weighted by Gasteiger charge is 2.11. The van der Waals surface area contributed by atoms with E-state index in [2.05, 4.69) is 15.5 Å². The fraction of sp³-hybridized carbons (Fsp3) is 0.182. The molecule has 0 fully saturated rings. The first-order valence-electron chi connectivity index (χ1n) is 5.49. The molecule has 0 atom stereocenters. The highest BCUT2D eigenvalue weighted by atomic mass is 35.5. The Balaban J connectivity index is 1.88. The lowest BCUT2D eigenvalue weighted by Crippen LogP contribution is -2.13. The van der Waals surface area contributed by atoms with Gasteiger partial charge in [-0.25, -0.2) is 0 Å². The summed E-state index contributed by atoms with van der Waals surface area (Å²) in [5.41, 5.74) is 8.08. The van der Waals surface area contributed by atoms with Crippen LogP contribution in [0.1, 0.15) is 6.42 Å². The third-order valence-corrected chi connectivity index (χ3v) is 4.68. The second kappa shape index (κ2) is 7.12. The van der Waals surface area contributed by atoms with Crippen molar-refractivity contribution in [3.05, 3.63) is 27.7 Å². The Bertz CT molecular complexity index is 583. The molecule has 0 spiro atoms. The number of nitrogens with zero attached hydrogens (tertiary/aromatic N) is 2. The molecule has 1 aromatic heterocycles. The van der Waals surface area contributed by atoms with Gasteiger partial charge in [0.2, 0.25) is 5.91 Å². The minimum atomic E-state index is -0.171. The van der Waals surface area contributed by atoms with Crippen molar-refractivity contribution < 1.29 is 4.79 Å². The lowest BCUT2D eigenvalue weighted by Gasteiger charge is -2.09. The molecule has 20 heavy (non-hydrogen) atoms. The first kappa shape index (κ1) is 15.4. The third kappa shape index (κ3) is 4.24. The van der Waals surface area contributed by atoms with Crippen LogP contribution in [-0.2, 0) is 4.79 Å². The number of rotatable bonds is 5. The number of nitrogens with one attached hydrogen (secondary N) is 1. The van der Waals surface area contributed by atoms with Gasteiger partial charge in [0.05, 0.1) is 15.7 Å². The van der Waals surface area contributed by atoms with Gasteiger partial charge in [-0.05, 0) is 12.1 Å². The molecular weight excluding hydrogens is 339 g/mol. The van der Waals surface area contributed by atoms with E-state index in [1.54, 1.807) is 17.6 Å². The topological polar surface area (TPSA) is 80.9 Å². The summed E-state index contributed by atoms with van der Waals surface area (Å²) in [5.74, 6) is 0.432. The zero-order valence-electron chi connectivity index (χ0n) is 10.1. The number of anilines is 2. The van der Waals surface area contributed by atoms with Gasteiger partial charge in [0.1, 0.15) is 5.51 Å². The molecule has 106 valence electrons. The molecule has 0 aliphatic rings. The van der Waals surface area contributed by atoms with Crippen molar-refractivity contribution in [3.8, 4) is 0 Å². The molecule has 0 saturated heterocycles. The fourth-order valence-corrected chi connectivity index (χ4v) is 3.47. The van der Waals surface area contributed by atoms with Gasteiger partial charge in [-0.2, -0.15) is 0 Å². The van der Waals surface area contributed by atoms with Crippen LogP contribution in [0.2, 0.25) is 10.0 Å². The molecule has 1 amide bonds. The molecule has 2 rings (SSSR count). The minimum Gasteiger partial charge on any atom is -0.399 e. The number of carbonyl (C=O) groups is 1. The second-order valence-corrected chi connectivity index (χ2v) is 6.70. The summed E-state index contributed by atoms with van der Waals surface area (Å²) in [6, 6.07) is 3.08. The van der Waals surface area contributed by atoms with Gasteiger partial charge in [0.15, 0.2) is 4.34 Å². The summed E-state index contributed by atoms with van der Waals surface area (Å²) in [6.45, 7) is 0. The molecule has 0 aliphatic carbocycles. The van der Waals surface area contributed by atoms with Gasteiger partial charge in [0.25, 0.3) is 0 Å². The SMILES string of the molecule is Nc1cc(Cl)c(NC(=O)CCSc2nncs2)c(Cl)c1. The van der Waals surface area contributed by atoms with Crippen LogP contribution in [0.4, 0.5) is 11.4 Å². The Hall–Kier alpha value is -1.02. The fourth-order valence-electron chi connectivity index (χ4n) is 1.37. The number of carbonyl (C=O) groups excluding carboxylic acids is 1. The van der Waals surface area contributed by atoms with Crippen LogP contribution in [0.25, 0.3) is 0 Å². The van der Waals surface area contributed by atoms with E-state index in [0.29, 0.717) is 33.6 Å². The molecule has 1 heterocycles. The molecular formula is C11H10Cl2N4OS2. The zero-order chi connectivity index (χ0) is 14.5. The predicted molar refractivity (Wildman–Crippen MR) is 84.8 cm³/mol. The zero-order valence-corrected chi connectivity index (χ0v) is 13.2. The summed E-state index contributed by atoms with van der Waals surface area (Å²) >= 11 is 14.9. The van der Waals surface area contributed by atoms with Crippen LogP contribution < -0.4 is 11.1 Å². The summed E-state index contributed by atoms with van der Waals surface area (Å²) in [4.78, 5) is 11.8. The van der Waals surface area contributed by atoms with Crippen molar-refractivity contribution in [2.24, 2.45) is 0 Å². The standard InChI is InChI=1S/C11H10Cl2N4OS2/c12-7-3-6(14)4-8(13)10(7)16-9(18)1-2-19-11-17-15-5-20-11/h3-5H,1-2,14H2,(H,16,18). The molecule has 0 radical (unpaired) electrons. The maximum Gasteiger partial charge on any atom is 0.225 e. The summed E-state index contributed by atoms with van der Waals surface area (Å²) in [6.07, 6.45) is 0.321. The average Bonchev–Trinajstić information content (AvgIpc) is 2.87. The number of amides is 1. The average molecular weight is 349 g/mol. The monoisotopic (exact) mass is 348 g/mol. The second-order valence-electron chi connectivity index (χ2n) is 3.71. The van der Waals surface area contributed by atoms with Crippen molar-refractivity contribution in [1.82, 2.24) is 10.2 Å².